The highest BCUT2D eigenvalue weighted by atomic mass is 79.9. The largest absolute Gasteiger partial charge is 0.366 e. The number of halogens is 2. The average molecular weight is 277 g/mol. The molecule has 0 spiro atoms. The molecule has 1 aromatic rings. The Labute approximate surface area is 96.7 Å². The van der Waals surface area contributed by atoms with Gasteiger partial charge in [-0.05, 0) is 29.3 Å². The minimum atomic E-state index is 0.273. The van der Waals surface area contributed by atoms with Crippen molar-refractivity contribution in [3.63, 3.8) is 0 Å². The zero-order valence-corrected chi connectivity index (χ0v) is 10.1. The number of hydrogen-bond acceptors (Lipinski definition) is 3. The molecule has 0 saturated heterocycles. The maximum atomic E-state index is 5.82. The van der Waals surface area contributed by atoms with Crippen LogP contribution in [0.1, 0.15) is 13.3 Å². The normalized spacial score (nSPS) is 12.2. The van der Waals surface area contributed by atoms with Crippen molar-refractivity contribution in [1.29, 1.82) is 0 Å². The first-order valence-electron chi connectivity index (χ1n) is 4.18. The molecule has 0 amide bonds. The van der Waals surface area contributed by atoms with E-state index in [1.807, 2.05) is 13.0 Å². The van der Waals surface area contributed by atoms with E-state index in [0.29, 0.717) is 15.4 Å². The summed E-state index contributed by atoms with van der Waals surface area (Å²) >= 11 is 9.13. The van der Waals surface area contributed by atoms with Crippen molar-refractivity contribution in [2.24, 2.45) is 0 Å². The zero-order valence-electron chi connectivity index (χ0n) is 7.80. The summed E-state index contributed by atoms with van der Waals surface area (Å²) in [6.45, 7) is 5.72. The topological polar surface area (TPSA) is 37.8 Å². The first-order valence-corrected chi connectivity index (χ1v) is 5.35. The highest BCUT2D eigenvalue weighted by molar-refractivity contribution is 9.10. The van der Waals surface area contributed by atoms with Crippen LogP contribution in [0.3, 0.4) is 0 Å². The molecule has 1 atom stereocenters. The highest BCUT2D eigenvalue weighted by Crippen LogP contribution is 2.26. The van der Waals surface area contributed by atoms with Crippen LogP contribution in [0.25, 0.3) is 0 Å². The van der Waals surface area contributed by atoms with Crippen LogP contribution in [0.15, 0.2) is 23.5 Å². The van der Waals surface area contributed by atoms with Crippen LogP contribution in [0, 0.1) is 0 Å². The molecule has 1 heterocycles. The third kappa shape index (κ3) is 2.96. The van der Waals surface area contributed by atoms with E-state index in [1.165, 1.54) is 6.33 Å². The van der Waals surface area contributed by atoms with Crippen LogP contribution >= 0.6 is 27.5 Å². The molecule has 3 nitrogen and oxygen atoms in total. The van der Waals surface area contributed by atoms with E-state index in [-0.39, 0.29) is 6.04 Å². The minimum absolute atomic E-state index is 0.273. The van der Waals surface area contributed by atoms with Crippen LogP contribution in [-0.2, 0) is 0 Å². The Kier molecular flexibility index (Phi) is 4.35. The molecule has 0 fully saturated rings. The van der Waals surface area contributed by atoms with Crippen molar-refractivity contribution in [3.05, 3.63) is 28.6 Å². The zero-order chi connectivity index (χ0) is 10.6. The smallest absolute Gasteiger partial charge is 0.148 e. The summed E-state index contributed by atoms with van der Waals surface area (Å²) in [4.78, 5) is 7.91. The Bertz CT molecular complexity index is 330. The lowest BCUT2D eigenvalue weighted by molar-refractivity contribution is 0.805. The summed E-state index contributed by atoms with van der Waals surface area (Å²) in [5, 5.41) is 3.61. The lowest BCUT2D eigenvalue weighted by atomic mass is 10.2. The number of hydrogen-bond donors (Lipinski definition) is 1. The molecule has 1 rings (SSSR count). The quantitative estimate of drug-likeness (QED) is 0.677. The number of nitrogens with one attached hydrogen (secondary N) is 1. The second kappa shape index (κ2) is 5.32. The van der Waals surface area contributed by atoms with Gasteiger partial charge in [-0.25, -0.2) is 9.97 Å². The number of anilines is 1. The third-order valence-corrected chi connectivity index (χ3v) is 2.92. The fourth-order valence-corrected chi connectivity index (χ4v) is 1.44. The van der Waals surface area contributed by atoms with Crippen molar-refractivity contribution in [3.8, 4) is 0 Å². The van der Waals surface area contributed by atoms with Gasteiger partial charge in [0.2, 0.25) is 0 Å². The van der Waals surface area contributed by atoms with E-state index < -0.39 is 0 Å². The molecule has 0 aromatic carbocycles. The Balaban J connectivity index is 2.76. The van der Waals surface area contributed by atoms with Gasteiger partial charge in [0, 0.05) is 6.04 Å². The first-order chi connectivity index (χ1) is 6.65. The monoisotopic (exact) mass is 275 g/mol. The maximum Gasteiger partial charge on any atom is 0.148 e. The molecule has 76 valence electrons. The van der Waals surface area contributed by atoms with E-state index in [4.69, 9.17) is 11.6 Å². The standard InChI is InChI=1S/C9H11BrClN3/c1-3-4-6(2)14-9-7(10)8(11)12-5-13-9/h3,5-6H,1,4H2,2H3,(H,12,13,14). The molecule has 0 radical (unpaired) electrons. The Hall–Kier alpha value is -0.610. The van der Waals surface area contributed by atoms with Crippen LogP contribution < -0.4 is 5.32 Å². The summed E-state index contributed by atoms with van der Waals surface area (Å²) in [6, 6.07) is 0.273. The molecule has 1 aromatic heterocycles. The molecular weight excluding hydrogens is 265 g/mol. The van der Waals surface area contributed by atoms with Crippen LogP contribution in [0.4, 0.5) is 5.82 Å². The van der Waals surface area contributed by atoms with E-state index in [0.717, 1.165) is 6.42 Å². The van der Waals surface area contributed by atoms with Crippen LogP contribution in [0.2, 0.25) is 5.15 Å². The van der Waals surface area contributed by atoms with Gasteiger partial charge in [-0.2, -0.15) is 0 Å². The SMILES string of the molecule is C=CCC(C)Nc1ncnc(Cl)c1Br. The van der Waals surface area contributed by atoms with Gasteiger partial charge in [-0.3, -0.25) is 0 Å². The molecule has 0 saturated carbocycles. The van der Waals surface area contributed by atoms with Gasteiger partial charge >= 0.3 is 0 Å². The molecule has 14 heavy (non-hydrogen) atoms. The van der Waals surface area contributed by atoms with Crippen LogP contribution in [0.5, 0.6) is 0 Å². The molecule has 1 N–H and O–H groups in total. The van der Waals surface area contributed by atoms with Gasteiger partial charge < -0.3 is 5.32 Å². The summed E-state index contributed by atoms with van der Waals surface area (Å²) in [6.07, 6.45) is 4.15. The van der Waals surface area contributed by atoms with Gasteiger partial charge in [0.15, 0.2) is 0 Å². The second-order valence-corrected chi connectivity index (χ2v) is 4.05. The van der Waals surface area contributed by atoms with E-state index in [1.54, 1.807) is 0 Å². The molecule has 5 heteroatoms. The molecule has 0 aliphatic rings. The Morgan fingerprint density at radius 3 is 3.07 bits per heavy atom. The van der Waals surface area contributed by atoms with Gasteiger partial charge in [0.05, 0.1) is 4.47 Å². The molecule has 0 bridgehead atoms. The van der Waals surface area contributed by atoms with Gasteiger partial charge in [-0.1, -0.05) is 17.7 Å². The Morgan fingerprint density at radius 2 is 2.43 bits per heavy atom. The van der Waals surface area contributed by atoms with Crippen molar-refractivity contribution < 1.29 is 0 Å². The average Bonchev–Trinajstić information content (AvgIpc) is 2.13. The van der Waals surface area contributed by atoms with Gasteiger partial charge in [-0.15, -0.1) is 6.58 Å². The molecular formula is C9H11BrClN3. The minimum Gasteiger partial charge on any atom is -0.366 e. The number of nitrogens with zero attached hydrogens (tertiary/aromatic N) is 2. The highest BCUT2D eigenvalue weighted by Gasteiger charge is 2.08. The summed E-state index contributed by atoms with van der Waals surface area (Å²) < 4.78 is 0.692. The van der Waals surface area contributed by atoms with Gasteiger partial charge in [0.1, 0.15) is 17.3 Å². The van der Waals surface area contributed by atoms with Gasteiger partial charge in [0.25, 0.3) is 0 Å². The van der Waals surface area contributed by atoms with E-state index >= 15 is 0 Å². The lowest BCUT2D eigenvalue weighted by Crippen LogP contribution is -2.15. The number of rotatable bonds is 4. The third-order valence-electron chi connectivity index (χ3n) is 1.65. The Morgan fingerprint density at radius 1 is 1.71 bits per heavy atom. The lowest BCUT2D eigenvalue weighted by Gasteiger charge is -2.13. The van der Waals surface area contributed by atoms with Crippen molar-refractivity contribution in [2.75, 3.05) is 5.32 Å². The van der Waals surface area contributed by atoms with Crippen molar-refractivity contribution >= 4 is 33.3 Å². The fourth-order valence-electron chi connectivity index (χ4n) is 0.991. The second-order valence-electron chi connectivity index (χ2n) is 2.90. The maximum absolute atomic E-state index is 5.82. The predicted molar refractivity (Wildman–Crippen MR) is 62.6 cm³/mol. The summed E-state index contributed by atoms with van der Waals surface area (Å²) in [5.74, 6) is 0.708. The van der Waals surface area contributed by atoms with E-state index in [2.05, 4.69) is 37.8 Å². The van der Waals surface area contributed by atoms with E-state index in [9.17, 15) is 0 Å². The van der Waals surface area contributed by atoms with Crippen molar-refractivity contribution in [1.82, 2.24) is 9.97 Å². The predicted octanol–water partition coefficient (Wildman–Crippen LogP) is 3.27. The molecule has 0 aliphatic heterocycles. The fraction of sp³-hybridized carbons (Fsp3) is 0.333. The first kappa shape index (κ1) is 11.5. The van der Waals surface area contributed by atoms with Crippen molar-refractivity contribution in [2.45, 2.75) is 19.4 Å². The van der Waals surface area contributed by atoms with Crippen LogP contribution in [-0.4, -0.2) is 16.0 Å². The molecule has 1 unspecified atom stereocenters. The molecule has 0 aliphatic carbocycles. The summed E-state index contributed by atoms with van der Waals surface area (Å²) in [7, 11) is 0. The summed E-state index contributed by atoms with van der Waals surface area (Å²) in [5.41, 5.74) is 0. The number of aromatic nitrogens is 2.